The summed E-state index contributed by atoms with van der Waals surface area (Å²) in [4.78, 5) is 0. The lowest BCUT2D eigenvalue weighted by molar-refractivity contribution is 0.359. The predicted molar refractivity (Wildman–Crippen MR) is 55.9 cm³/mol. The van der Waals surface area contributed by atoms with Gasteiger partial charge in [0.1, 0.15) is 17.6 Å². The summed E-state index contributed by atoms with van der Waals surface area (Å²) >= 11 is 3.40. The fraction of sp³-hybridized carbons (Fsp3) is 0.400. The molecule has 0 amide bonds. The molecule has 0 N–H and O–H groups in total. The van der Waals surface area contributed by atoms with E-state index in [-0.39, 0.29) is 6.10 Å². The van der Waals surface area contributed by atoms with Crippen LogP contribution in [-0.2, 0) is 4.74 Å². The van der Waals surface area contributed by atoms with Crippen molar-refractivity contribution in [3.05, 3.63) is 22.2 Å². The van der Waals surface area contributed by atoms with Crippen LogP contribution in [-0.4, -0.2) is 20.8 Å². The van der Waals surface area contributed by atoms with E-state index in [0.29, 0.717) is 0 Å². The minimum absolute atomic E-state index is 0.132. The van der Waals surface area contributed by atoms with Gasteiger partial charge in [0.05, 0.1) is 26.4 Å². The first-order chi connectivity index (χ1) is 6.76. The van der Waals surface area contributed by atoms with Gasteiger partial charge in [-0.25, -0.2) is 0 Å². The van der Waals surface area contributed by atoms with Gasteiger partial charge in [-0.3, -0.25) is 0 Å². The normalized spacial score (nSPS) is 19.2. The Kier molecular flexibility index (Phi) is 2.65. The third kappa shape index (κ3) is 1.72. The molecule has 1 aliphatic rings. The molecule has 0 spiro atoms. The van der Waals surface area contributed by atoms with Crippen LogP contribution >= 0.6 is 15.9 Å². The summed E-state index contributed by atoms with van der Waals surface area (Å²) in [5, 5.41) is 0. The summed E-state index contributed by atoms with van der Waals surface area (Å²) in [6.45, 7) is 0.744. The zero-order chi connectivity index (χ0) is 10.1. The van der Waals surface area contributed by atoms with Crippen molar-refractivity contribution in [2.24, 2.45) is 0 Å². The van der Waals surface area contributed by atoms with Gasteiger partial charge >= 0.3 is 0 Å². The number of epoxide rings is 1. The SMILES string of the molecule is COc1cc(Br)cc(OC)c1C1CO1. The molecular formula is C10H11BrO3. The van der Waals surface area contributed by atoms with E-state index < -0.39 is 0 Å². The maximum atomic E-state index is 5.28. The van der Waals surface area contributed by atoms with Crippen molar-refractivity contribution in [3.8, 4) is 11.5 Å². The average molecular weight is 259 g/mol. The van der Waals surface area contributed by atoms with Crippen LogP contribution in [0.5, 0.6) is 11.5 Å². The van der Waals surface area contributed by atoms with Crippen LogP contribution in [0.1, 0.15) is 11.7 Å². The molecule has 76 valence electrons. The van der Waals surface area contributed by atoms with Crippen LogP contribution in [0, 0.1) is 0 Å². The molecule has 1 heterocycles. The van der Waals surface area contributed by atoms with Gasteiger partial charge < -0.3 is 14.2 Å². The monoisotopic (exact) mass is 258 g/mol. The highest BCUT2D eigenvalue weighted by atomic mass is 79.9. The maximum Gasteiger partial charge on any atom is 0.129 e. The molecule has 0 radical (unpaired) electrons. The molecule has 3 nitrogen and oxygen atoms in total. The molecule has 1 unspecified atom stereocenters. The smallest absolute Gasteiger partial charge is 0.129 e. The Bertz CT molecular complexity index is 322. The summed E-state index contributed by atoms with van der Waals surface area (Å²) in [5.74, 6) is 1.61. The van der Waals surface area contributed by atoms with Gasteiger partial charge in [0.2, 0.25) is 0 Å². The van der Waals surface area contributed by atoms with Crippen molar-refractivity contribution < 1.29 is 14.2 Å². The third-order valence-electron chi connectivity index (χ3n) is 2.16. The van der Waals surface area contributed by atoms with E-state index in [1.165, 1.54) is 0 Å². The lowest BCUT2D eigenvalue weighted by Gasteiger charge is -2.11. The number of halogens is 1. The zero-order valence-corrected chi connectivity index (χ0v) is 9.63. The van der Waals surface area contributed by atoms with Crippen LogP contribution in [0.4, 0.5) is 0 Å². The molecule has 1 fully saturated rings. The summed E-state index contributed by atoms with van der Waals surface area (Å²) in [5.41, 5.74) is 0.998. The Morgan fingerprint density at radius 1 is 1.29 bits per heavy atom. The second kappa shape index (κ2) is 3.79. The Hall–Kier alpha value is -0.740. The van der Waals surface area contributed by atoms with Crippen LogP contribution in [0.3, 0.4) is 0 Å². The molecular weight excluding hydrogens is 248 g/mol. The first kappa shape index (κ1) is 9.80. The van der Waals surface area contributed by atoms with Crippen molar-refractivity contribution in [1.29, 1.82) is 0 Å². The highest BCUT2D eigenvalue weighted by Gasteiger charge is 2.31. The van der Waals surface area contributed by atoms with Gasteiger partial charge in [-0.15, -0.1) is 0 Å². The minimum Gasteiger partial charge on any atom is -0.496 e. The summed E-state index contributed by atoms with van der Waals surface area (Å²) in [6.07, 6.45) is 0.132. The molecule has 0 aromatic heterocycles. The average Bonchev–Trinajstić information content (AvgIpc) is 2.99. The van der Waals surface area contributed by atoms with E-state index in [1.54, 1.807) is 14.2 Å². The number of hydrogen-bond donors (Lipinski definition) is 0. The molecule has 1 aromatic carbocycles. The second-order valence-electron chi connectivity index (χ2n) is 3.05. The Balaban J connectivity index is 2.50. The van der Waals surface area contributed by atoms with Crippen LogP contribution in [0.15, 0.2) is 16.6 Å². The first-order valence-corrected chi connectivity index (χ1v) is 5.08. The van der Waals surface area contributed by atoms with E-state index >= 15 is 0 Å². The van der Waals surface area contributed by atoms with Gasteiger partial charge in [-0.1, -0.05) is 15.9 Å². The quantitative estimate of drug-likeness (QED) is 0.781. The first-order valence-electron chi connectivity index (χ1n) is 4.29. The lowest BCUT2D eigenvalue weighted by atomic mass is 10.1. The molecule has 1 aliphatic heterocycles. The predicted octanol–water partition coefficient (Wildman–Crippen LogP) is 2.54. The van der Waals surface area contributed by atoms with E-state index in [2.05, 4.69) is 15.9 Å². The topological polar surface area (TPSA) is 31.0 Å². The molecule has 14 heavy (non-hydrogen) atoms. The van der Waals surface area contributed by atoms with E-state index in [1.807, 2.05) is 12.1 Å². The Labute approximate surface area is 91.1 Å². The van der Waals surface area contributed by atoms with Gasteiger partial charge in [-0.05, 0) is 12.1 Å². The maximum absolute atomic E-state index is 5.28. The molecule has 0 saturated carbocycles. The van der Waals surface area contributed by atoms with E-state index in [0.717, 1.165) is 28.1 Å². The molecule has 0 aliphatic carbocycles. The number of hydrogen-bond acceptors (Lipinski definition) is 3. The number of rotatable bonds is 3. The largest absolute Gasteiger partial charge is 0.496 e. The molecule has 1 atom stereocenters. The van der Waals surface area contributed by atoms with Gasteiger partial charge in [0, 0.05) is 4.47 Å². The van der Waals surface area contributed by atoms with Crippen LogP contribution in [0.2, 0.25) is 0 Å². The summed E-state index contributed by atoms with van der Waals surface area (Å²) < 4.78 is 16.7. The molecule has 4 heteroatoms. The van der Waals surface area contributed by atoms with Crippen molar-refractivity contribution in [2.45, 2.75) is 6.10 Å². The van der Waals surface area contributed by atoms with Crippen molar-refractivity contribution in [2.75, 3.05) is 20.8 Å². The van der Waals surface area contributed by atoms with E-state index in [4.69, 9.17) is 14.2 Å². The number of methoxy groups -OCH3 is 2. The second-order valence-corrected chi connectivity index (χ2v) is 3.96. The lowest BCUT2D eigenvalue weighted by Crippen LogP contribution is -1.96. The van der Waals surface area contributed by atoms with Gasteiger partial charge in [0.15, 0.2) is 0 Å². The zero-order valence-electron chi connectivity index (χ0n) is 8.04. The van der Waals surface area contributed by atoms with Gasteiger partial charge in [-0.2, -0.15) is 0 Å². The fourth-order valence-electron chi connectivity index (χ4n) is 1.44. The van der Waals surface area contributed by atoms with Gasteiger partial charge in [0.25, 0.3) is 0 Å². The number of benzene rings is 1. The summed E-state index contributed by atoms with van der Waals surface area (Å²) in [6, 6.07) is 3.83. The van der Waals surface area contributed by atoms with E-state index in [9.17, 15) is 0 Å². The Morgan fingerprint density at radius 2 is 1.79 bits per heavy atom. The molecule has 0 bridgehead atoms. The number of ether oxygens (including phenoxy) is 3. The van der Waals surface area contributed by atoms with Crippen LogP contribution < -0.4 is 9.47 Å². The highest BCUT2D eigenvalue weighted by Crippen LogP contribution is 2.43. The molecule has 2 rings (SSSR count). The standard InChI is InChI=1S/C10H11BrO3/c1-12-7-3-6(11)4-8(13-2)10(7)9-5-14-9/h3-4,9H,5H2,1-2H3. The molecule has 1 saturated heterocycles. The third-order valence-corrected chi connectivity index (χ3v) is 2.62. The van der Waals surface area contributed by atoms with Crippen molar-refractivity contribution >= 4 is 15.9 Å². The van der Waals surface area contributed by atoms with Crippen molar-refractivity contribution in [3.63, 3.8) is 0 Å². The van der Waals surface area contributed by atoms with Crippen LogP contribution in [0.25, 0.3) is 0 Å². The Morgan fingerprint density at radius 3 is 2.14 bits per heavy atom. The fourth-order valence-corrected chi connectivity index (χ4v) is 1.85. The minimum atomic E-state index is 0.132. The summed E-state index contributed by atoms with van der Waals surface area (Å²) in [7, 11) is 3.29. The molecule has 1 aromatic rings. The van der Waals surface area contributed by atoms with Crippen molar-refractivity contribution in [1.82, 2.24) is 0 Å². The highest BCUT2D eigenvalue weighted by molar-refractivity contribution is 9.10.